The standard InChI is InChI=1S/C28H27ClN6O3/c1-28(2,3)35-27(36)37-14-7-5-6-11-23-25(31-4)26(33-18-32-23)34-20-12-13-24(22(29)16-20)38-21-10-8-9-19(15-21)17-30/h5,7-10,12-13,15-16,18,31H,14H2,1-4H3,(H,35,36)(H,32,33,34). The third-order valence-electron chi connectivity index (χ3n) is 4.66. The topological polar surface area (TPSA) is 121 Å². The molecule has 10 heteroatoms. The molecule has 0 saturated carbocycles. The molecule has 1 heterocycles. The first kappa shape index (κ1) is 27.9. The van der Waals surface area contributed by atoms with Crippen molar-refractivity contribution in [3.05, 3.63) is 77.2 Å². The lowest BCUT2D eigenvalue weighted by Gasteiger charge is -2.19. The summed E-state index contributed by atoms with van der Waals surface area (Å²) >= 11 is 6.44. The second-order valence-electron chi connectivity index (χ2n) is 8.85. The summed E-state index contributed by atoms with van der Waals surface area (Å²) in [5.74, 6) is 7.30. The minimum atomic E-state index is -0.494. The Labute approximate surface area is 226 Å². The van der Waals surface area contributed by atoms with Crippen LogP contribution in [0.25, 0.3) is 0 Å². The van der Waals surface area contributed by atoms with Gasteiger partial charge in [0.05, 0.1) is 16.7 Å². The minimum absolute atomic E-state index is 0.0935. The molecule has 9 nitrogen and oxygen atoms in total. The number of hydrogen-bond acceptors (Lipinski definition) is 8. The molecule has 0 unspecified atom stereocenters. The van der Waals surface area contributed by atoms with Crippen molar-refractivity contribution >= 4 is 34.9 Å². The van der Waals surface area contributed by atoms with E-state index in [9.17, 15) is 4.79 Å². The molecule has 0 atom stereocenters. The zero-order chi connectivity index (χ0) is 27.5. The first-order valence-electron chi connectivity index (χ1n) is 11.6. The zero-order valence-corrected chi connectivity index (χ0v) is 22.2. The van der Waals surface area contributed by atoms with E-state index in [0.29, 0.717) is 45.0 Å². The number of nitrogens with zero attached hydrogens (tertiary/aromatic N) is 3. The van der Waals surface area contributed by atoms with Crippen LogP contribution in [0.3, 0.4) is 0 Å². The molecule has 0 aliphatic heterocycles. The van der Waals surface area contributed by atoms with Crippen LogP contribution in [0.4, 0.5) is 22.0 Å². The number of nitriles is 1. The highest BCUT2D eigenvalue weighted by Crippen LogP contribution is 2.33. The average molecular weight is 531 g/mol. The van der Waals surface area contributed by atoms with E-state index in [4.69, 9.17) is 26.3 Å². The maximum atomic E-state index is 11.7. The van der Waals surface area contributed by atoms with Crippen LogP contribution in [0.15, 0.2) is 60.9 Å². The van der Waals surface area contributed by atoms with Crippen LogP contribution in [0.2, 0.25) is 5.02 Å². The quantitative estimate of drug-likeness (QED) is 0.317. The highest BCUT2D eigenvalue weighted by molar-refractivity contribution is 6.32. The van der Waals surface area contributed by atoms with E-state index in [1.54, 1.807) is 61.7 Å². The Morgan fingerprint density at radius 2 is 2.00 bits per heavy atom. The van der Waals surface area contributed by atoms with Crippen molar-refractivity contribution in [2.45, 2.75) is 26.3 Å². The molecule has 0 spiro atoms. The molecule has 3 aromatic rings. The Kier molecular flexibility index (Phi) is 9.53. The summed E-state index contributed by atoms with van der Waals surface area (Å²) in [5, 5.41) is 18.4. The summed E-state index contributed by atoms with van der Waals surface area (Å²) in [7, 11) is 1.74. The Morgan fingerprint density at radius 1 is 1.18 bits per heavy atom. The van der Waals surface area contributed by atoms with Gasteiger partial charge in [-0.05, 0) is 75.2 Å². The van der Waals surface area contributed by atoms with Gasteiger partial charge >= 0.3 is 6.09 Å². The van der Waals surface area contributed by atoms with Crippen molar-refractivity contribution in [2.24, 2.45) is 0 Å². The molecule has 194 valence electrons. The van der Waals surface area contributed by atoms with Gasteiger partial charge in [0.2, 0.25) is 0 Å². The number of carbonyl (C=O) groups is 1. The fraction of sp³-hybridized carbons (Fsp3) is 0.214. The molecule has 1 aromatic heterocycles. The highest BCUT2D eigenvalue weighted by atomic mass is 35.5. The number of halogens is 1. The normalized spacial score (nSPS) is 10.6. The number of alkyl carbamates (subject to hydrolysis) is 1. The van der Waals surface area contributed by atoms with Gasteiger partial charge in [0.1, 0.15) is 35.8 Å². The summed E-state index contributed by atoms with van der Waals surface area (Å²) < 4.78 is 10.9. The SMILES string of the molecule is CNc1c(C#CC=CCOC(=O)NC(C)(C)C)ncnc1Nc1ccc(Oc2cccc(C#N)c2)c(Cl)c1. The molecule has 0 radical (unpaired) electrons. The maximum absolute atomic E-state index is 11.7. The maximum Gasteiger partial charge on any atom is 0.407 e. The van der Waals surface area contributed by atoms with Crippen LogP contribution < -0.4 is 20.7 Å². The van der Waals surface area contributed by atoms with Crippen LogP contribution in [-0.2, 0) is 4.74 Å². The molecule has 2 aromatic carbocycles. The van der Waals surface area contributed by atoms with Crippen molar-refractivity contribution in [3.63, 3.8) is 0 Å². The van der Waals surface area contributed by atoms with Gasteiger partial charge in [-0.1, -0.05) is 23.6 Å². The fourth-order valence-electron chi connectivity index (χ4n) is 3.05. The first-order valence-corrected chi connectivity index (χ1v) is 11.9. The first-order chi connectivity index (χ1) is 18.2. The van der Waals surface area contributed by atoms with Gasteiger partial charge in [0, 0.05) is 18.3 Å². The van der Waals surface area contributed by atoms with E-state index in [0.717, 1.165) is 0 Å². The number of nitrogens with one attached hydrogen (secondary N) is 3. The number of ether oxygens (including phenoxy) is 2. The molecule has 0 saturated heterocycles. The number of carbonyl (C=O) groups excluding carboxylic acids is 1. The molecule has 0 aliphatic rings. The number of benzene rings is 2. The molecule has 1 amide bonds. The van der Waals surface area contributed by atoms with E-state index >= 15 is 0 Å². The Bertz CT molecular complexity index is 1430. The molecular weight excluding hydrogens is 504 g/mol. The lowest BCUT2D eigenvalue weighted by Crippen LogP contribution is -2.40. The van der Waals surface area contributed by atoms with Crippen LogP contribution in [0.5, 0.6) is 11.5 Å². The van der Waals surface area contributed by atoms with Crippen molar-refractivity contribution in [1.29, 1.82) is 5.26 Å². The smallest absolute Gasteiger partial charge is 0.407 e. The molecule has 0 fully saturated rings. The largest absolute Gasteiger partial charge is 0.456 e. The van der Waals surface area contributed by atoms with Crippen LogP contribution in [0, 0.1) is 23.2 Å². The van der Waals surface area contributed by atoms with E-state index in [1.807, 2.05) is 20.8 Å². The summed E-state index contributed by atoms with van der Waals surface area (Å²) in [6.07, 6.45) is 4.13. The molecule has 0 aliphatic carbocycles. The Morgan fingerprint density at radius 3 is 2.71 bits per heavy atom. The lowest BCUT2D eigenvalue weighted by molar-refractivity contribution is 0.149. The third-order valence-corrected chi connectivity index (χ3v) is 4.96. The van der Waals surface area contributed by atoms with Gasteiger partial charge < -0.3 is 25.4 Å². The van der Waals surface area contributed by atoms with Gasteiger partial charge in [-0.15, -0.1) is 0 Å². The predicted molar refractivity (Wildman–Crippen MR) is 148 cm³/mol. The summed E-state index contributed by atoms with van der Waals surface area (Å²) in [5.41, 5.74) is 1.87. The number of anilines is 3. The lowest BCUT2D eigenvalue weighted by atomic mass is 10.1. The zero-order valence-electron chi connectivity index (χ0n) is 21.4. The molecular formula is C28H27ClN6O3. The fourth-order valence-corrected chi connectivity index (χ4v) is 3.27. The van der Waals surface area contributed by atoms with Crippen molar-refractivity contribution in [2.75, 3.05) is 24.3 Å². The molecule has 3 rings (SSSR count). The highest BCUT2D eigenvalue weighted by Gasteiger charge is 2.14. The molecule has 38 heavy (non-hydrogen) atoms. The van der Waals surface area contributed by atoms with Crippen LogP contribution in [-0.4, -0.2) is 35.3 Å². The van der Waals surface area contributed by atoms with E-state index < -0.39 is 6.09 Å². The molecule has 3 N–H and O–H groups in total. The summed E-state index contributed by atoms with van der Waals surface area (Å²) in [6, 6.07) is 14.1. The van der Waals surface area contributed by atoms with Crippen LogP contribution >= 0.6 is 11.6 Å². The Balaban J connectivity index is 1.67. The van der Waals surface area contributed by atoms with E-state index in [1.165, 1.54) is 6.33 Å². The monoisotopic (exact) mass is 530 g/mol. The predicted octanol–water partition coefficient (Wildman–Crippen LogP) is 6.01. The summed E-state index contributed by atoms with van der Waals surface area (Å²) in [4.78, 5) is 20.2. The van der Waals surface area contributed by atoms with Crippen molar-refractivity contribution in [3.8, 4) is 29.4 Å². The number of amides is 1. The Hall–Kier alpha value is -4.73. The molecule has 0 bridgehead atoms. The van der Waals surface area contributed by atoms with Gasteiger partial charge in [-0.3, -0.25) is 0 Å². The van der Waals surface area contributed by atoms with Crippen molar-refractivity contribution < 1.29 is 14.3 Å². The second-order valence-corrected chi connectivity index (χ2v) is 9.26. The number of allylic oxidation sites excluding steroid dienone is 1. The van der Waals surface area contributed by atoms with Crippen LogP contribution in [0.1, 0.15) is 32.0 Å². The van der Waals surface area contributed by atoms with Gasteiger partial charge in [-0.2, -0.15) is 5.26 Å². The summed E-state index contributed by atoms with van der Waals surface area (Å²) in [6.45, 7) is 5.71. The number of aromatic nitrogens is 2. The average Bonchev–Trinajstić information content (AvgIpc) is 2.87. The van der Waals surface area contributed by atoms with Gasteiger partial charge in [0.15, 0.2) is 5.82 Å². The van der Waals surface area contributed by atoms with Crippen molar-refractivity contribution in [1.82, 2.24) is 15.3 Å². The van der Waals surface area contributed by atoms with E-state index in [2.05, 4.69) is 43.8 Å². The minimum Gasteiger partial charge on any atom is -0.456 e. The third kappa shape index (κ3) is 8.44. The van der Waals surface area contributed by atoms with Gasteiger partial charge in [0.25, 0.3) is 0 Å². The van der Waals surface area contributed by atoms with Gasteiger partial charge in [-0.25, -0.2) is 14.8 Å². The number of hydrogen-bond donors (Lipinski definition) is 3. The number of rotatable bonds is 7. The van der Waals surface area contributed by atoms with E-state index in [-0.39, 0.29) is 12.1 Å². The second kappa shape index (κ2) is 13.0.